The summed E-state index contributed by atoms with van der Waals surface area (Å²) in [4.78, 5) is 1.21. The van der Waals surface area contributed by atoms with Crippen LogP contribution in [-0.4, -0.2) is 9.59 Å². The van der Waals surface area contributed by atoms with E-state index in [4.69, 9.17) is 5.73 Å². The van der Waals surface area contributed by atoms with E-state index in [0.29, 0.717) is 0 Å². The Morgan fingerprint density at radius 1 is 1.12 bits per heavy atom. The van der Waals surface area contributed by atoms with Crippen LogP contribution in [0.15, 0.2) is 0 Å². The van der Waals surface area contributed by atoms with E-state index in [1.54, 1.807) is 0 Å². The largest absolute Gasteiger partial charge is 0.323 e. The lowest BCUT2D eigenvalue weighted by Crippen LogP contribution is -2.10. The molecule has 3 nitrogen and oxygen atoms in total. The molecule has 0 bridgehead atoms. The Labute approximate surface area is 109 Å². The van der Waals surface area contributed by atoms with Gasteiger partial charge in [0.25, 0.3) is 0 Å². The fourth-order valence-corrected chi connectivity index (χ4v) is 2.74. The van der Waals surface area contributed by atoms with Crippen LogP contribution in [-0.2, 0) is 6.42 Å². The highest BCUT2D eigenvalue weighted by Crippen LogP contribution is 2.24. The number of rotatable bonds is 9. The molecule has 1 aromatic rings. The minimum Gasteiger partial charge on any atom is -0.323 e. The first-order chi connectivity index (χ1) is 8.29. The molecule has 17 heavy (non-hydrogen) atoms. The van der Waals surface area contributed by atoms with Gasteiger partial charge in [-0.15, -0.1) is 5.10 Å². The normalized spacial score (nSPS) is 12.9. The van der Waals surface area contributed by atoms with E-state index in [1.165, 1.54) is 48.5 Å². The molecule has 0 aliphatic carbocycles. The van der Waals surface area contributed by atoms with Gasteiger partial charge in [0, 0.05) is 6.04 Å². The lowest BCUT2D eigenvalue weighted by atomic mass is 10.0. The molecule has 1 heterocycles. The van der Waals surface area contributed by atoms with E-state index >= 15 is 0 Å². The minimum absolute atomic E-state index is 0.151. The number of aryl methyl sites for hydroxylation is 1. The maximum absolute atomic E-state index is 6.22. The summed E-state index contributed by atoms with van der Waals surface area (Å²) in [5, 5.41) is 4.17. The van der Waals surface area contributed by atoms with Gasteiger partial charge < -0.3 is 5.73 Å². The molecule has 98 valence electrons. The van der Waals surface area contributed by atoms with Crippen molar-refractivity contribution >= 4 is 11.5 Å². The van der Waals surface area contributed by atoms with E-state index < -0.39 is 0 Å². The van der Waals surface area contributed by atoms with Gasteiger partial charge in [-0.1, -0.05) is 56.9 Å². The summed E-state index contributed by atoms with van der Waals surface area (Å²) < 4.78 is 4.03. The SMILES string of the molecule is CCCCCCCC(N)c1snnc1CCC. The fraction of sp³-hybridized carbons (Fsp3) is 0.846. The highest BCUT2D eigenvalue weighted by Gasteiger charge is 2.14. The van der Waals surface area contributed by atoms with Crippen LogP contribution in [0.4, 0.5) is 0 Å². The maximum atomic E-state index is 6.22. The summed E-state index contributed by atoms with van der Waals surface area (Å²) in [5.74, 6) is 0. The van der Waals surface area contributed by atoms with Crippen molar-refractivity contribution in [3.63, 3.8) is 0 Å². The molecule has 1 atom stereocenters. The first kappa shape index (κ1) is 14.6. The Hall–Kier alpha value is -0.480. The summed E-state index contributed by atoms with van der Waals surface area (Å²) in [5.41, 5.74) is 7.34. The zero-order valence-electron chi connectivity index (χ0n) is 11.1. The molecule has 1 unspecified atom stereocenters. The van der Waals surface area contributed by atoms with Gasteiger partial charge >= 0.3 is 0 Å². The molecular formula is C13H25N3S. The van der Waals surface area contributed by atoms with E-state index in [2.05, 4.69) is 23.4 Å². The summed E-state index contributed by atoms with van der Waals surface area (Å²) >= 11 is 1.48. The Morgan fingerprint density at radius 3 is 2.59 bits per heavy atom. The van der Waals surface area contributed by atoms with Crippen LogP contribution in [0.5, 0.6) is 0 Å². The van der Waals surface area contributed by atoms with Gasteiger partial charge in [-0.2, -0.15) is 0 Å². The molecule has 0 radical (unpaired) electrons. The molecule has 1 aromatic heterocycles. The lowest BCUT2D eigenvalue weighted by molar-refractivity contribution is 0.556. The molecule has 0 spiro atoms. The van der Waals surface area contributed by atoms with Crippen molar-refractivity contribution in [1.29, 1.82) is 0 Å². The van der Waals surface area contributed by atoms with Crippen molar-refractivity contribution < 1.29 is 0 Å². The smallest absolute Gasteiger partial charge is 0.0803 e. The highest BCUT2D eigenvalue weighted by atomic mass is 32.1. The second kappa shape index (κ2) is 8.59. The second-order valence-corrected chi connectivity index (χ2v) is 5.43. The van der Waals surface area contributed by atoms with Gasteiger partial charge in [0.2, 0.25) is 0 Å². The van der Waals surface area contributed by atoms with Gasteiger partial charge in [-0.3, -0.25) is 0 Å². The molecular weight excluding hydrogens is 230 g/mol. The van der Waals surface area contributed by atoms with E-state index in [0.717, 1.165) is 25.0 Å². The Bertz CT molecular complexity index is 299. The molecule has 0 aromatic carbocycles. The summed E-state index contributed by atoms with van der Waals surface area (Å²) in [6.45, 7) is 4.41. The monoisotopic (exact) mass is 255 g/mol. The number of unbranched alkanes of at least 4 members (excludes halogenated alkanes) is 4. The molecule has 0 fully saturated rings. The van der Waals surface area contributed by atoms with Crippen LogP contribution >= 0.6 is 11.5 Å². The first-order valence-electron chi connectivity index (χ1n) is 6.86. The average molecular weight is 255 g/mol. The lowest BCUT2D eigenvalue weighted by Gasteiger charge is -2.10. The third kappa shape index (κ3) is 5.13. The first-order valence-corrected chi connectivity index (χ1v) is 7.63. The van der Waals surface area contributed by atoms with Crippen molar-refractivity contribution in [2.24, 2.45) is 5.73 Å². The number of hydrogen-bond acceptors (Lipinski definition) is 4. The number of nitrogens with two attached hydrogens (primary N) is 1. The van der Waals surface area contributed by atoms with E-state index in [-0.39, 0.29) is 6.04 Å². The van der Waals surface area contributed by atoms with Gasteiger partial charge in [0.05, 0.1) is 10.6 Å². The zero-order chi connectivity index (χ0) is 12.5. The van der Waals surface area contributed by atoms with Crippen LogP contribution in [0.1, 0.15) is 75.4 Å². The van der Waals surface area contributed by atoms with Crippen molar-refractivity contribution in [2.75, 3.05) is 0 Å². The predicted octanol–water partition coefficient (Wildman–Crippen LogP) is 3.85. The topological polar surface area (TPSA) is 51.8 Å². The molecule has 0 aliphatic rings. The quantitative estimate of drug-likeness (QED) is 0.682. The summed E-state index contributed by atoms with van der Waals surface area (Å²) in [6.07, 6.45) is 9.71. The Balaban J connectivity index is 2.30. The summed E-state index contributed by atoms with van der Waals surface area (Å²) in [7, 11) is 0. The van der Waals surface area contributed by atoms with Gasteiger partial charge in [0.15, 0.2) is 0 Å². The zero-order valence-corrected chi connectivity index (χ0v) is 11.9. The maximum Gasteiger partial charge on any atom is 0.0803 e. The molecule has 4 heteroatoms. The number of aromatic nitrogens is 2. The van der Waals surface area contributed by atoms with Crippen molar-refractivity contribution in [2.45, 2.75) is 71.3 Å². The Kier molecular flexibility index (Phi) is 7.37. The highest BCUT2D eigenvalue weighted by molar-refractivity contribution is 7.05. The van der Waals surface area contributed by atoms with Gasteiger partial charge in [-0.05, 0) is 24.4 Å². The molecule has 0 saturated heterocycles. The molecule has 2 N–H and O–H groups in total. The molecule has 1 rings (SSSR count). The summed E-state index contributed by atoms with van der Waals surface area (Å²) in [6, 6.07) is 0.151. The fourth-order valence-electron chi connectivity index (χ4n) is 2.01. The van der Waals surface area contributed by atoms with Crippen LogP contribution in [0, 0.1) is 0 Å². The third-order valence-electron chi connectivity index (χ3n) is 3.03. The van der Waals surface area contributed by atoms with Crippen molar-refractivity contribution in [1.82, 2.24) is 9.59 Å². The van der Waals surface area contributed by atoms with Crippen LogP contribution in [0.25, 0.3) is 0 Å². The Morgan fingerprint density at radius 2 is 1.88 bits per heavy atom. The van der Waals surface area contributed by atoms with Crippen molar-refractivity contribution in [3.8, 4) is 0 Å². The van der Waals surface area contributed by atoms with Gasteiger partial charge in [-0.25, -0.2) is 0 Å². The predicted molar refractivity (Wildman–Crippen MR) is 74.2 cm³/mol. The van der Waals surface area contributed by atoms with Crippen LogP contribution in [0.3, 0.4) is 0 Å². The van der Waals surface area contributed by atoms with E-state index in [9.17, 15) is 0 Å². The molecule has 0 saturated carbocycles. The third-order valence-corrected chi connectivity index (χ3v) is 3.93. The van der Waals surface area contributed by atoms with Crippen molar-refractivity contribution in [3.05, 3.63) is 10.6 Å². The van der Waals surface area contributed by atoms with Crippen LogP contribution < -0.4 is 5.73 Å². The van der Waals surface area contributed by atoms with Crippen LogP contribution in [0.2, 0.25) is 0 Å². The number of nitrogens with zero attached hydrogens (tertiary/aromatic N) is 2. The standard InChI is InChI=1S/C13H25N3S/c1-3-5-6-7-8-10-11(14)13-12(9-4-2)15-16-17-13/h11H,3-10,14H2,1-2H3. The minimum atomic E-state index is 0.151. The van der Waals surface area contributed by atoms with Gasteiger partial charge in [0.1, 0.15) is 0 Å². The molecule has 0 aliphatic heterocycles. The molecule has 0 amide bonds. The second-order valence-electron chi connectivity index (χ2n) is 4.64. The van der Waals surface area contributed by atoms with E-state index in [1.807, 2.05) is 0 Å². The average Bonchev–Trinajstić information content (AvgIpc) is 2.77. The number of hydrogen-bond donors (Lipinski definition) is 1.